The molecule has 0 saturated heterocycles. The number of rotatable bonds is 71. The molecule has 2 unspecified atom stereocenters. The Morgan fingerprint density at radius 1 is 0.300 bits per heavy atom. The van der Waals surface area contributed by atoms with E-state index >= 15 is 0 Å². The number of ether oxygens (including phenoxy) is 4. The number of hydrogen-bond acceptors (Lipinski definition) is 15. The highest BCUT2D eigenvalue weighted by atomic mass is 31.2. The smallest absolute Gasteiger partial charge is 0.462 e. The number of carbonyl (C=O) groups excluding carboxylic acids is 4. The van der Waals surface area contributed by atoms with Crippen molar-refractivity contribution in [3.63, 3.8) is 0 Å². The van der Waals surface area contributed by atoms with Crippen molar-refractivity contribution in [3.8, 4) is 0 Å². The third kappa shape index (κ3) is 64.8. The lowest BCUT2D eigenvalue weighted by Gasteiger charge is -2.21. The van der Waals surface area contributed by atoms with Crippen LogP contribution < -0.4 is 0 Å². The molecule has 0 aromatic carbocycles. The molecule has 0 spiro atoms. The van der Waals surface area contributed by atoms with Crippen LogP contribution in [-0.2, 0) is 65.4 Å². The van der Waals surface area contributed by atoms with Gasteiger partial charge in [-0.3, -0.25) is 37.3 Å². The zero-order valence-corrected chi connectivity index (χ0v) is 60.1. The molecule has 0 aromatic rings. The summed E-state index contributed by atoms with van der Waals surface area (Å²) in [5.74, 6) is -1.37. The number of phosphoric ester groups is 2. The van der Waals surface area contributed by atoms with Gasteiger partial charge in [0, 0.05) is 25.7 Å². The van der Waals surface area contributed by atoms with E-state index in [4.69, 9.17) is 37.0 Å². The van der Waals surface area contributed by atoms with Gasteiger partial charge in [-0.25, -0.2) is 9.13 Å². The van der Waals surface area contributed by atoms with Crippen LogP contribution in [0.15, 0.2) is 0 Å². The number of carbonyl (C=O) groups is 4. The standard InChI is InChI=1S/C71H138O17P2/c1-6-9-12-15-18-20-22-24-26-27-29-31-36-41-46-51-56-70(75)88-67(61-82-69(74)55-50-45-40-35-30-28-25-23-21-19-16-13-10-7-2)63-86-90(79,80)84-59-65(72)58-83-89(77,78)85-62-66(60-81-68(73)54-49-44-38-17-14-11-8-3)87-71(76)57-52-47-42-37-33-32-34-39-43-48-53-64(4)5/h64-67,72H,6-63H2,1-5H3,(H,77,78)(H,79,80)/t65-,66+,67+/m0/s1. The lowest BCUT2D eigenvalue weighted by Crippen LogP contribution is -2.30. The predicted molar refractivity (Wildman–Crippen MR) is 363 cm³/mol. The molecule has 534 valence electrons. The van der Waals surface area contributed by atoms with E-state index in [0.29, 0.717) is 25.7 Å². The van der Waals surface area contributed by atoms with E-state index in [2.05, 4.69) is 34.6 Å². The Morgan fingerprint density at radius 2 is 0.511 bits per heavy atom. The third-order valence-corrected chi connectivity index (χ3v) is 18.4. The Morgan fingerprint density at radius 3 is 0.756 bits per heavy atom. The summed E-state index contributed by atoms with van der Waals surface area (Å²) in [6.45, 7) is 7.21. The van der Waals surface area contributed by atoms with Gasteiger partial charge in [0.25, 0.3) is 0 Å². The van der Waals surface area contributed by atoms with Gasteiger partial charge in [-0.15, -0.1) is 0 Å². The summed E-state index contributed by atoms with van der Waals surface area (Å²) in [5.41, 5.74) is 0. The van der Waals surface area contributed by atoms with Crippen LogP contribution in [0.5, 0.6) is 0 Å². The van der Waals surface area contributed by atoms with Gasteiger partial charge in [-0.2, -0.15) is 0 Å². The van der Waals surface area contributed by atoms with Gasteiger partial charge in [0.15, 0.2) is 12.2 Å². The van der Waals surface area contributed by atoms with Gasteiger partial charge in [0.05, 0.1) is 26.4 Å². The predicted octanol–water partition coefficient (Wildman–Crippen LogP) is 20.5. The van der Waals surface area contributed by atoms with Crippen LogP contribution in [-0.4, -0.2) is 96.7 Å². The number of aliphatic hydroxyl groups excluding tert-OH is 1. The molecule has 0 heterocycles. The van der Waals surface area contributed by atoms with Crippen molar-refractivity contribution in [3.05, 3.63) is 0 Å². The highest BCUT2D eigenvalue weighted by Crippen LogP contribution is 2.45. The molecule has 90 heavy (non-hydrogen) atoms. The minimum absolute atomic E-state index is 0.106. The van der Waals surface area contributed by atoms with Crippen LogP contribution in [0.2, 0.25) is 0 Å². The van der Waals surface area contributed by atoms with Gasteiger partial charge < -0.3 is 33.8 Å². The number of unbranched alkanes of at least 4 members (excludes halogenated alkanes) is 43. The molecule has 0 aromatic heterocycles. The largest absolute Gasteiger partial charge is 0.472 e. The van der Waals surface area contributed by atoms with Crippen molar-refractivity contribution in [2.75, 3.05) is 39.6 Å². The summed E-state index contributed by atoms with van der Waals surface area (Å²) < 4.78 is 68.2. The molecule has 0 aliphatic carbocycles. The fourth-order valence-electron chi connectivity index (χ4n) is 10.8. The molecule has 0 bridgehead atoms. The van der Waals surface area contributed by atoms with Crippen molar-refractivity contribution >= 4 is 39.5 Å². The first-order chi connectivity index (χ1) is 43.5. The van der Waals surface area contributed by atoms with E-state index in [1.165, 1.54) is 180 Å². The quantitative estimate of drug-likeness (QED) is 0.0222. The van der Waals surface area contributed by atoms with Crippen LogP contribution in [0.1, 0.15) is 369 Å². The summed E-state index contributed by atoms with van der Waals surface area (Å²) >= 11 is 0. The number of esters is 4. The third-order valence-electron chi connectivity index (χ3n) is 16.5. The topological polar surface area (TPSA) is 237 Å². The molecular weight excluding hydrogens is 1190 g/mol. The van der Waals surface area contributed by atoms with E-state index in [1.807, 2.05) is 0 Å². The molecule has 0 amide bonds. The monoisotopic (exact) mass is 1320 g/mol. The summed E-state index contributed by atoms with van der Waals surface area (Å²) in [6, 6.07) is 0. The van der Waals surface area contributed by atoms with Gasteiger partial charge in [0.1, 0.15) is 19.3 Å². The Labute approximate surface area is 549 Å². The van der Waals surface area contributed by atoms with E-state index < -0.39 is 97.5 Å². The second kappa shape index (κ2) is 64.4. The average molecular weight is 1330 g/mol. The van der Waals surface area contributed by atoms with Crippen LogP contribution in [0.25, 0.3) is 0 Å². The summed E-state index contributed by atoms with van der Waals surface area (Å²) in [5, 5.41) is 10.6. The van der Waals surface area contributed by atoms with Gasteiger partial charge in [-0.05, 0) is 31.6 Å². The normalized spacial score (nSPS) is 14.1. The highest BCUT2D eigenvalue weighted by molar-refractivity contribution is 7.47. The van der Waals surface area contributed by atoms with E-state index in [1.54, 1.807) is 0 Å². The summed E-state index contributed by atoms with van der Waals surface area (Å²) in [4.78, 5) is 72.5. The Balaban J connectivity index is 5.20. The molecule has 0 rings (SSSR count). The van der Waals surface area contributed by atoms with Gasteiger partial charge in [0.2, 0.25) is 0 Å². The van der Waals surface area contributed by atoms with Gasteiger partial charge >= 0.3 is 39.5 Å². The maximum Gasteiger partial charge on any atom is 0.472 e. The second-order valence-corrected chi connectivity index (χ2v) is 29.0. The fraction of sp³-hybridized carbons (Fsp3) is 0.944. The first-order valence-electron chi connectivity index (χ1n) is 37.1. The first-order valence-corrected chi connectivity index (χ1v) is 40.1. The number of aliphatic hydroxyl groups is 1. The van der Waals surface area contributed by atoms with Crippen molar-refractivity contribution in [1.82, 2.24) is 0 Å². The number of phosphoric acid groups is 2. The lowest BCUT2D eigenvalue weighted by molar-refractivity contribution is -0.161. The van der Waals surface area contributed by atoms with Crippen LogP contribution in [0.3, 0.4) is 0 Å². The summed E-state index contributed by atoms with van der Waals surface area (Å²) in [7, 11) is -9.90. The van der Waals surface area contributed by atoms with E-state index in [0.717, 1.165) is 109 Å². The maximum atomic E-state index is 13.0. The SMILES string of the molecule is CCCCCCCCCCCCCCCCCCC(=O)O[C@H](COC(=O)CCCCCCCCCCCCCCCC)COP(=O)(O)OC[C@@H](O)COP(=O)(O)OC[C@@H](COC(=O)CCCCCCCCC)OC(=O)CCCCCCCCCCCCC(C)C. The first kappa shape index (κ1) is 88.1. The lowest BCUT2D eigenvalue weighted by atomic mass is 10.0. The molecule has 3 N–H and O–H groups in total. The maximum absolute atomic E-state index is 13.0. The molecule has 0 fully saturated rings. The molecule has 5 atom stereocenters. The van der Waals surface area contributed by atoms with Crippen molar-refractivity contribution in [2.45, 2.75) is 387 Å². The zero-order chi connectivity index (χ0) is 66.3. The molecule has 17 nitrogen and oxygen atoms in total. The molecule has 0 aliphatic heterocycles. The average Bonchev–Trinajstić information content (AvgIpc) is 3.20. The Bertz CT molecular complexity index is 1740. The molecule has 19 heteroatoms. The molecule has 0 saturated carbocycles. The Kier molecular flexibility index (Phi) is 63.0. The van der Waals surface area contributed by atoms with Crippen LogP contribution in [0, 0.1) is 5.92 Å². The molecule has 0 radical (unpaired) electrons. The van der Waals surface area contributed by atoms with Crippen molar-refractivity contribution in [1.29, 1.82) is 0 Å². The minimum atomic E-state index is -4.95. The Hall–Kier alpha value is -1.94. The van der Waals surface area contributed by atoms with E-state index in [-0.39, 0.29) is 25.7 Å². The fourth-order valence-corrected chi connectivity index (χ4v) is 12.4. The minimum Gasteiger partial charge on any atom is -0.462 e. The van der Waals surface area contributed by atoms with Crippen molar-refractivity contribution < 1.29 is 80.2 Å². The van der Waals surface area contributed by atoms with Crippen molar-refractivity contribution in [2.24, 2.45) is 5.92 Å². The summed E-state index contributed by atoms with van der Waals surface area (Å²) in [6.07, 6.45) is 51.4. The van der Waals surface area contributed by atoms with E-state index in [9.17, 15) is 43.2 Å². The second-order valence-electron chi connectivity index (χ2n) is 26.1. The van der Waals surface area contributed by atoms with Crippen LogP contribution in [0.4, 0.5) is 0 Å². The highest BCUT2D eigenvalue weighted by Gasteiger charge is 2.30. The molecule has 0 aliphatic rings. The number of hydrogen-bond donors (Lipinski definition) is 3. The van der Waals surface area contributed by atoms with Gasteiger partial charge in [-0.1, -0.05) is 317 Å². The molecular formula is C71H138O17P2. The zero-order valence-electron chi connectivity index (χ0n) is 58.3. The van der Waals surface area contributed by atoms with Crippen LogP contribution >= 0.6 is 15.6 Å².